The summed E-state index contributed by atoms with van der Waals surface area (Å²) in [6.45, 7) is 0.519. The van der Waals surface area contributed by atoms with Crippen molar-refractivity contribution in [1.29, 1.82) is 0 Å². The molecule has 1 unspecified atom stereocenters. The van der Waals surface area contributed by atoms with Crippen LogP contribution >= 0.6 is 0 Å². The predicted octanol–water partition coefficient (Wildman–Crippen LogP) is 2.22. The Hall–Kier alpha value is -2.96. The molecule has 0 bridgehead atoms. The lowest BCUT2D eigenvalue weighted by atomic mass is 10.1. The Balaban J connectivity index is 1.40. The van der Waals surface area contributed by atoms with Gasteiger partial charge in [0.2, 0.25) is 17.7 Å². The first-order valence-electron chi connectivity index (χ1n) is 8.33. The number of hydrogen-bond acceptors (Lipinski definition) is 5. The predicted molar refractivity (Wildman–Crippen MR) is 90.0 cm³/mol. The molecule has 128 valence electrons. The van der Waals surface area contributed by atoms with Gasteiger partial charge in [0.25, 0.3) is 0 Å². The number of ether oxygens (including phenoxy) is 1. The average Bonchev–Trinajstić information content (AvgIpc) is 3.38. The number of nitrogens with zero attached hydrogens (tertiary/aromatic N) is 3. The van der Waals surface area contributed by atoms with E-state index in [0.29, 0.717) is 29.9 Å². The van der Waals surface area contributed by atoms with E-state index in [9.17, 15) is 9.59 Å². The molecule has 25 heavy (non-hydrogen) atoms. The Morgan fingerprint density at radius 1 is 1.28 bits per heavy atom. The van der Waals surface area contributed by atoms with Crippen LogP contribution in [0.5, 0.6) is 11.6 Å². The van der Waals surface area contributed by atoms with E-state index >= 15 is 0 Å². The molecular weight excluding hydrogens is 320 g/mol. The fourth-order valence-corrected chi connectivity index (χ4v) is 2.99. The van der Waals surface area contributed by atoms with Crippen LogP contribution in [0.2, 0.25) is 0 Å². The van der Waals surface area contributed by atoms with E-state index < -0.39 is 0 Å². The first-order valence-corrected chi connectivity index (χ1v) is 8.33. The lowest BCUT2D eigenvalue weighted by molar-refractivity contribution is -0.128. The number of aromatic nitrogens is 2. The highest BCUT2D eigenvalue weighted by atomic mass is 16.5. The van der Waals surface area contributed by atoms with E-state index in [1.807, 2.05) is 4.90 Å². The van der Waals surface area contributed by atoms with Gasteiger partial charge in [-0.1, -0.05) is 6.07 Å². The van der Waals surface area contributed by atoms with Gasteiger partial charge in [-0.2, -0.15) is 0 Å². The number of carbonyl (C=O) groups is 2. The summed E-state index contributed by atoms with van der Waals surface area (Å²) in [5.41, 5.74) is 0.628. The summed E-state index contributed by atoms with van der Waals surface area (Å²) in [6.07, 6.45) is 7.03. The number of nitrogens with one attached hydrogen (secondary N) is 1. The van der Waals surface area contributed by atoms with Gasteiger partial charge in [0.05, 0.1) is 12.1 Å². The molecular formula is C18H18N4O3. The third-order valence-electron chi connectivity index (χ3n) is 4.38. The molecule has 0 radical (unpaired) electrons. The maximum absolute atomic E-state index is 12.5. The number of carbonyl (C=O) groups excluding carboxylic acids is 2. The van der Waals surface area contributed by atoms with E-state index in [1.54, 1.807) is 36.7 Å². The van der Waals surface area contributed by atoms with Crippen LogP contribution < -0.4 is 10.1 Å². The van der Waals surface area contributed by atoms with Crippen molar-refractivity contribution < 1.29 is 14.3 Å². The first-order chi connectivity index (χ1) is 12.2. The van der Waals surface area contributed by atoms with Crippen molar-refractivity contribution in [3.8, 4) is 11.6 Å². The summed E-state index contributed by atoms with van der Waals surface area (Å²) in [5, 5.41) is 2.88. The Kier molecular flexibility index (Phi) is 4.05. The molecule has 1 aliphatic heterocycles. The van der Waals surface area contributed by atoms with Crippen molar-refractivity contribution in [2.75, 3.05) is 11.9 Å². The van der Waals surface area contributed by atoms with Crippen LogP contribution in [0, 0.1) is 5.92 Å². The lowest BCUT2D eigenvalue weighted by Crippen LogP contribution is -2.29. The maximum atomic E-state index is 12.5. The number of benzene rings is 1. The summed E-state index contributed by atoms with van der Waals surface area (Å²) in [5.74, 6) is 0.598. The molecule has 1 aromatic heterocycles. The van der Waals surface area contributed by atoms with Gasteiger partial charge in [-0.25, -0.2) is 4.98 Å². The Morgan fingerprint density at radius 2 is 2.16 bits per heavy atom. The van der Waals surface area contributed by atoms with E-state index in [2.05, 4.69) is 15.3 Å². The van der Waals surface area contributed by atoms with Gasteiger partial charge in [0, 0.05) is 43.2 Å². The summed E-state index contributed by atoms with van der Waals surface area (Å²) >= 11 is 0. The van der Waals surface area contributed by atoms with Crippen molar-refractivity contribution in [2.45, 2.75) is 25.3 Å². The topological polar surface area (TPSA) is 84.4 Å². The minimum atomic E-state index is -0.294. The summed E-state index contributed by atoms with van der Waals surface area (Å²) < 4.78 is 5.61. The Labute approximate surface area is 145 Å². The van der Waals surface area contributed by atoms with Crippen molar-refractivity contribution >= 4 is 17.5 Å². The fourth-order valence-electron chi connectivity index (χ4n) is 2.99. The molecule has 2 heterocycles. The van der Waals surface area contributed by atoms with Crippen LogP contribution in [0.3, 0.4) is 0 Å². The number of likely N-dealkylation sites (tertiary alicyclic amines) is 1. The largest absolute Gasteiger partial charge is 0.437 e. The minimum absolute atomic E-state index is 0.0855. The molecule has 1 aliphatic carbocycles. The zero-order valence-corrected chi connectivity index (χ0v) is 13.6. The van der Waals surface area contributed by atoms with Gasteiger partial charge in [-0.3, -0.25) is 14.6 Å². The van der Waals surface area contributed by atoms with Crippen molar-refractivity contribution in [3.05, 3.63) is 42.9 Å². The van der Waals surface area contributed by atoms with Gasteiger partial charge in [0.1, 0.15) is 5.75 Å². The highest BCUT2D eigenvalue weighted by molar-refractivity contribution is 5.97. The van der Waals surface area contributed by atoms with Crippen LogP contribution in [-0.2, 0) is 9.59 Å². The van der Waals surface area contributed by atoms with E-state index in [1.165, 1.54) is 6.20 Å². The Bertz CT molecular complexity index is 792. The third-order valence-corrected chi connectivity index (χ3v) is 4.38. The van der Waals surface area contributed by atoms with Crippen LogP contribution in [0.1, 0.15) is 19.3 Å². The smallest absolute Gasteiger partial charge is 0.237 e. The van der Waals surface area contributed by atoms with E-state index in [0.717, 1.165) is 12.8 Å². The number of anilines is 1. The van der Waals surface area contributed by atoms with Gasteiger partial charge in [-0.15, -0.1) is 0 Å². The highest BCUT2D eigenvalue weighted by Gasteiger charge is 2.41. The SMILES string of the molecule is O=C(Nc1cccc(Oc2cnccn2)c1)C1CC(=O)N(C2CC2)C1. The number of amides is 2. The van der Waals surface area contributed by atoms with Crippen LogP contribution in [0.25, 0.3) is 0 Å². The fraction of sp³-hybridized carbons (Fsp3) is 0.333. The second-order valence-electron chi connectivity index (χ2n) is 6.34. The normalized spacial score (nSPS) is 19.8. The van der Waals surface area contributed by atoms with Crippen LogP contribution in [-0.4, -0.2) is 39.3 Å². The summed E-state index contributed by atoms with van der Waals surface area (Å²) in [7, 11) is 0. The molecule has 2 fully saturated rings. The molecule has 1 aromatic carbocycles. The molecule has 4 rings (SSSR count). The van der Waals surface area contributed by atoms with Crippen molar-refractivity contribution in [2.24, 2.45) is 5.92 Å². The van der Waals surface area contributed by atoms with Gasteiger partial charge < -0.3 is 15.0 Å². The van der Waals surface area contributed by atoms with E-state index in [4.69, 9.17) is 4.74 Å². The monoisotopic (exact) mass is 338 g/mol. The van der Waals surface area contributed by atoms with E-state index in [-0.39, 0.29) is 24.2 Å². The molecule has 1 saturated heterocycles. The summed E-state index contributed by atoms with van der Waals surface area (Å²) in [6, 6.07) is 7.43. The molecule has 2 amide bonds. The molecule has 7 heteroatoms. The maximum Gasteiger partial charge on any atom is 0.237 e. The van der Waals surface area contributed by atoms with Crippen LogP contribution in [0.15, 0.2) is 42.9 Å². The Morgan fingerprint density at radius 3 is 2.92 bits per heavy atom. The molecule has 1 atom stereocenters. The zero-order chi connectivity index (χ0) is 17.2. The van der Waals surface area contributed by atoms with Crippen molar-refractivity contribution in [1.82, 2.24) is 14.9 Å². The third kappa shape index (κ3) is 3.60. The highest BCUT2D eigenvalue weighted by Crippen LogP contribution is 2.33. The molecule has 0 spiro atoms. The molecule has 2 aliphatic rings. The number of hydrogen-bond donors (Lipinski definition) is 1. The molecule has 1 saturated carbocycles. The number of rotatable bonds is 5. The second-order valence-corrected chi connectivity index (χ2v) is 6.34. The molecule has 2 aromatic rings. The summed E-state index contributed by atoms with van der Waals surface area (Å²) in [4.78, 5) is 34.3. The standard InChI is InChI=1S/C18H18N4O3/c23-17-8-12(11-22(17)14-4-5-14)18(24)21-13-2-1-3-15(9-13)25-16-10-19-6-7-20-16/h1-3,6-7,9-10,12,14H,4-5,8,11H2,(H,21,24). The molecule has 7 nitrogen and oxygen atoms in total. The molecule has 1 N–H and O–H groups in total. The minimum Gasteiger partial charge on any atom is -0.437 e. The second kappa shape index (κ2) is 6.51. The van der Waals surface area contributed by atoms with Crippen molar-refractivity contribution in [3.63, 3.8) is 0 Å². The van der Waals surface area contributed by atoms with Gasteiger partial charge in [0.15, 0.2) is 0 Å². The lowest BCUT2D eigenvalue weighted by Gasteiger charge is -2.15. The van der Waals surface area contributed by atoms with Gasteiger partial charge >= 0.3 is 0 Å². The van der Waals surface area contributed by atoms with Gasteiger partial charge in [-0.05, 0) is 25.0 Å². The zero-order valence-electron chi connectivity index (χ0n) is 13.6. The quantitative estimate of drug-likeness (QED) is 0.903. The first kappa shape index (κ1) is 15.6. The average molecular weight is 338 g/mol. The van der Waals surface area contributed by atoms with Crippen LogP contribution in [0.4, 0.5) is 5.69 Å².